The molecule has 9 N–H and O–H groups in total. The number of allylic oxidation sites excluding steroid dienone is 2. The van der Waals surface area contributed by atoms with Crippen molar-refractivity contribution < 1.29 is 39.9 Å². The number of ether oxygens (including phenoxy) is 1. The standard InChI is InChI=1S/C68H101N3O8/c1-39(2)17-19-44-28-43-20-18-40(36-72)27-49(43)50(31-56(75)62-67(7,79-62)52-16-12-15-48(52)42-13-11-14-46(69)29-42)59-53-21-22-58-65(5)32-51(45-25-41(35-70-8)26-47(74)30-45)61(77)64(4)24-10-9-23-63(3,78)38-71-55(60(64)65)33-68(58,54(44)37-73)66(53,6)34-57(59)76/h11,13-14,25-26,29-30,39-40,43-44,48-52,54-56,58,60,62,70-75,78H,9-10,12,15-24,27-28,31-38,69H2,1-8H3/t40-,43+,44-,48+,49-,50-,51-,52+,54-,55-,56+,58+,60-,62+,63+,64+,65-,66-,67+,68+/m0/s1. The first-order chi connectivity index (χ1) is 37.5. The zero-order valence-corrected chi connectivity index (χ0v) is 49.5. The number of hydrogen-bond acceptors (Lipinski definition) is 11. The summed E-state index contributed by atoms with van der Waals surface area (Å²) in [6.45, 7) is 17.1. The summed E-state index contributed by atoms with van der Waals surface area (Å²) in [5.41, 5.74) is 8.49. The Bertz CT molecular complexity index is 2630. The third-order valence-corrected chi connectivity index (χ3v) is 24.8. The van der Waals surface area contributed by atoms with Gasteiger partial charge in [-0.05, 0) is 233 Å². The summed E-state index contributed by atoms with van der Waals surface area (Å²) >= 11 is 0. The van der Waals surface area contributed by atoms with E-state index in [0.717, 1.165) is 106 Å². The van der Waals surface area contributed by atoms with E-state index in [4.69, 9.17) is 10.5 Å². The minimum Gasteiger partial charge on any atom is -0.508 e. The number of rotatable bonds is 13. The Hall–Kier alpha value is -3.16. The first-order valence-electron chi connectivity index (χ1n) is 31.7. The Morgan fingerprint density at radius 3 is 2.42 bits per heavy atom. The number of carbonyl (C=O) groups excluding carboxylic acids is 2. The lowest BCUT2D eigenvalue weighted by molar-refractivity contribution is -0.233. The highest BCUT2D eigenvalue weighted by Crippen LogP contribution is 2.79. The van der Waals surface area contributed by atoms with Crippen LogP contribution in [0.15, 0.2) is 53.6 Å². The van der Waals surface area contributed by atoms with Gasteiger partial charge in [-0.25, -0.2) is 0 Å². The van der Waals surface area contributed by atoms with Crippen molar-refractivity contribution in [3.05, 3.63) is 70.3 Å². The average Bonchev–Trinajstić information content (AvgIpc) is 2.32. The van der Waals surface area contributed by atoms with Gasteiger partial charge in [-0.15, -0.1) is 0 Å². The number of nitrogens with one attached hydrogen (secondary N) is 2. The van der Waals surface area contributed by atoms with Crippen LogP contribution in [0.3, 0.4) is 0 Å². The molecular formula is C68H101N3O8. The van der Waals surface area contributed by atoms with Gasteiger partial charge in [0.15, 0.2) is 5.78 Å². The Labute approximate surface area is 473 Å². The number of carbonyl (C=O) groups is 2. The van der Waals surface area contributed by atoms with Gasteiger partial charge in [0, 0.05) is 61.2 Å². The molecule has 0 amide bonds. The van der Waals surface area contributed by atoms with Crippen molar-refractivity contribution in [2.24, 2.45) is 80.8 Å². The van der Waals surface area contributed by atoms with Crippen LogP contribution in [0.1, 0.15) is 199 Å². The largest absolute Gasteiger partial charge is 0.508 e. The number of nitrogen functional groups attached to an aromatic ring is 1. The smallest absolute Gasteiger partial charge is 0.160 e. The van der Waals surface area contributed by atoms with Crippen molar-refractivity contribution in [1.82, 2.24) is 10.6 Å². The summed E-state index contributed by atoms with van der Waals surface area (Å²) < 4.78 is 6.85. The highest BCUT2D eigenvalue weighted by Gasteiger charge is 2.76. The molecule has 7 fully saturated rings. The normalized spacial score (nSPS) is 44.4. The molecule has 436 valence electrons. The maximum absolute atomic E-state index is 16.1. The molecule has 7 aliphatic carbocycles. The van der Waals surface area contributed by atoms with Gasteiger partial charge in [-0.3, -0.25) is 9.59 Å². The van der Waals surface area contributed by atoms with Gasteiger partial charge in [0.25, 0.3) is 0 Å². The molecule has 1 spiro atoms. The van der Waals surface area contributed by atoms with Crippen molar-refractivity contribution in [2.45, 2.75) is 218 Å². The lowest BCUT2D eigenvalue weighted by Crippen LogP contribution is -2.73. The van der Waals surface area contributed by atoms with Crippen molar-refractivity contribution in [1.29, 1.82) is 0 Å². The van der Waals surface area contributed by atoms with Crippen molar-refractivity contribution in [2.75, 3.05) is 32.5 Å². The predicted octanol–water partition coefficient (Wildman–Crippen LogP) is 10.9. The molecular weight excluding hydrogens is 987 g/mol. The Morgan fingerprint density at radius 2 is 1.68 bits per heavy atom. The quantitative estimate of drug-likeness (QED) is 0.0702. The van der Waals surface area contributed by atoms with E-state index in [1.165, 1.54) is 11.1 Å². The number of benzene rings is 2. The van der Waals surface area contributed by atoms with Crippen LogP contribution in [-0.4, -0.2) is 93.4 Å². The van der Waals surface area contributed by atoms with Crippen molar-refractivity contribution in [3.8, 4) is 5.75 Å². The lowest BCUT2D eigenvalue weighted by Gasteiger charge is -2.74. The minimum atomic E-state index is -0.957. The number of phenolic OH excluding ortho intramolecular Hbond substituents is 1. The molecule has 2 saturated heterocycles. The van der Waals surface area contributed by atoms with E-state index in [1.807, 2.05) is 32.2 Å². The summed E-state index contributed by atoms with van der Waals surface area (Å²) in [6.07, 6.45) is 14.2. The number of phenols is 1. The number of β-amino-alcohol motifs (C(OH)–C–C–N with tert-alkyl or cyclic N) is 1. The lowest BCUT2D eigenvalue weighted by atomic mass is 9.31. The summed E-state index contributed by atoms with van der Waals surface area (Å²) in [5, 5.41) is 67.7. The van der Waals surface area contributed by atoms with E-state index in [9.17, 15) is 25.5 Å². The second kappa shape index (κ2) is 21.5. The number of aliphatic hydroxyl groups is 4. The average molecular weight is 1090 g/mol. The zero-order valence-electron chi connectivity index (χ0n) is 49.5. The van der Waals surface area contributed by atoms with E-state index in [0.29, 0.717) is 63.5 Å². The molecule has 0 aromatic heterocycles. The van der Waals surface area contributed by atoms with Gasteiger partial charge in [0.05, 0.1) is 17.3 Å². The van der Waals surface area contributed by atoms with Crippen LogP contribution < -0.4 is 16.4 Å². The third kappa shape index (κ3) is 9.65. The van der Waals surface area contributed by atoms with Crippen LogP contribution in [0.5, 0.6) is 5.75 Å². The number of anilines is 1. The molecule has 79 heavy (non-hydrogen) atoms. The van der Waals surface area contributed by atoms with E-state index < -0.39 is 44.9 Å². The number of epoxide rings is 1. The van der Waals surface area contributed by atoms with Gasteiger partial charge in [-0.2, -0.15) is 0 Å². The second-order valence-electron chi connectivity index (χ2n) is 29.8. The van der Waals surface area contributed by atoms with E-state index in [1.54, 1.807) is 6.07 Å². The van der Waals surface area contributed by atoms with Crippen molar-refractivity contribution in [3.63, 3.8) is 0 Å². The highest BCUT2D eigenvalue weighted by atomic mass is 16.6. The summed E-state index contributed by atoms with van der Waals surface area (Å²) in [6, 6.07) is 13.9. The monoisotopic (exact) mass is 1090 g/mol. The maximum atomic E-state index is 16.1. The third-order valence-electron chi connectivity index (χ3n) is 24.8. The molecule has 11 nitrogen and oxygen atoms in total. The van der Waals surface area contributed by atoms with Crippen molar-refractivity contribution >= 4 is 17.3 Å². The summed E-state index contributed by atoms with van der Waals surface area (Å²) in [4.78, 5) is 32.1. The second-order valence-corrected chi connectivity index (χ2v) is 29.8. The summed E-state index contributed by atoms with van der Waals surface area (Å²) in [5.74, 6) is 1.30. The fraction of sp³-hybridized carbons (Fsp3) is 0.765. The van der Waals surface area contributed by atoms with Crippen LogP contribution in [0, 0.1) is 80.8 Å². The molecule has 5 saturated carbocycles. The van der Waals surface area contributed by atoms with E-state index in [2.05, 4.69) is 70.4 Å². The van der Waals surface area contributed by atoms with Gasteiger partial charge in [-0.1, -0.05) is 84.1 Å². The minimum absolute atomic E-state index is 0.00449. The Balaban J connectivity index is 1.08. The van der Waals surface area contributed by atoms with Gasteiger partial charge >= 0.3 is 0 Å². The molecule has 20 atom stereocenters. The molecule has 11 heteroatoms. The Kier molecular flexibility index (Phi) is 15.7. The zero-order chi connectivity index (χ0) is 56.2. The molecule has 9 aliphatic rings. The van der Waals surface area contributed by atoms with Crippen LogP contribution in [0.2, 0.25) is 0 Å². The molecule has 2 heterocycles. The van der Waals surface area contributed by atoms with Crippen LogP contribution >= 0.6 is 0 Å². The fourth-order valence-corrected chi connectivity index (χ4v) is 21.6. The molecule has 2 aromatic rings. The molecule has 11 rings (SSSR count). The maximum Gasteiger partial charge on any atom is 0.160 e. The fourth-order valence-electron chi connectivity index (χ4n) is 21.6. The number of nitrogens with two attached hydrogens (primary N) is 1. The first-order valence-corrected chi connectivity index (χ1v) is 31.7. The number of ketones is 2. The molecule has 2 aliphatic heterocycles. The first kappa shape index (κ1) is 57.6. The van der Waals surface area contributed by atoms with Gasteiger partial charge in [0.1, 0.15) is 17.6 Å². The number of aromatic hydroxyl groups is 1. The number of hydrogen-bond donors (Lipinski definition) is 8. The highest BCUT2D eigenvalue weighted by molar-refractivity contribution is 6.01. The predicted molar refractivity (Wildman–Crippen MR) is 311 cm³/mol. The van der Waals surface area contributed by atoms with Crippen LogP contribution in [-0.2, 0) is 20.9 Å². The van der Waals surface area contributed by atoms with Gasteiger partial charge < -0.3 is 46.6 Å². The topological polar surface area (TPSA) is 198 Å². The van der Waals surface area contributed by atoms with E-state index >= 15 is 9.59 Å². The molecule has 2 aromatic carbocycles. The number of fused-ring (bicyclic) bond motifs is 2. The van der Waals surface area contributed by atoms with Crippen LogP contribution in [0.25, 0.3) is 0 Å². The van der Waals surface area contributed by atoms with E-state index in [-0.39, 0.29) is 95.9 Å². The SMILES string of the molecule is CNCc1cc(O)cc([C@@H]2C[C@@]3(C)[C@H]4CCC5=C6C(=O)C[C@]5(C)[C@]4(C[C@@H]4NC[C@](C)(O)CCCC[C@@](C)(C2=O)[C@H]43)[C@@H](CO)[C@@H](CCC(C)C)C[C@H]2CC[C@H](CO)C[C@@H]2[C@@H]6C[C@@H](O)[C@H]2O[C@]2(C)[C@@H]2CCC[C@@H]2c2cccc(N)c2)c1. The van der Waals surface area contributed by atoms with Gasteiger partial charge in [0.2, 0.25) is 0 Å². The Morgan fingerprint density at radius 1 is 0.899 bits per heavy atom. The molecule has 0 unspecified atom stereocenters. The molecule has 0 radical (unpaired) electrons. The number of Topliss-reactive ketones (excluding diaryl/α,β-unsaturated/α-hetero) is 2. The summed E-state index contributed by atoms with van der Waals surface area (Å²) in [7, 11) is 1.91. The molecule has 4 bridgehead atoms. The number of aliphatic hydroxyl groups excluding tert-OH is 3. The van der Waals surface area contributed by atoms with Crippen LogP contribution in [0.4, 0.5) is 5.69 Å².